The number of aromatic nitrogens is 2. The van der Waals surface area contributed by atoms with E-state index in [1.165, 1.54) is 11.0 Å². The maximum atomic E-state index is 12.3. The highest BCUT2D eigenvalue weighted by Gasteiger charge is 2.11. The van der Waals surface area contributed by atoms with Gasteiger partial charge in [-0.3, -0.25) is 9.59 Å². The first kappa shape index (κ1) is 19.1. The van der Waals surface area contributed by atoms with Gasteiger partial charge in [0.15, 0.2) is 0 Å². The third kappa shape index (κ3) is 5.17. The van der Waals surface area contributed by atoms with Crippen LogP contribution >= 0.6 is 0 Å². The lowest BCUT2D eigenvalue weighted by molar-refractivity contribution is -0.129. The number of para-hydroxylation sites is 1. The van der Waals surface area contributed by atoms with Crippen molar-refractivity contribution in [3.05, 3.63) is 84.2 Å². The molecule has 0 saturated heterocycles. The van der Waals surface area contributed by atoms with Gasteiger partial charge in [0.25, 0.3) is 0 Å². The standard InChI is InChI=1S/C22H22N4O2/c1-17-8-11-19(12-9-17)24-21(27)16-25(2)22(28)13-10-18-14-23-26(15-18)20-6-4-3-5-7-20/h3-15H,16H2,1-2H3,(H,24,27)/b13-10+. The summed E-state index contributed by atoms with van der Waals surface area (Å²) in [4.78, 5) is 25.7. The van der Waals surface area contributed by atoms with Crippen LogP contribution in [0.1, 0.15) is 11.1 Å². The molecule has 142 valence electrons. The van der Waals surface area contributed by atoms with E-state index in [2.05, 4.69) is 10.4 Å². The smallest absolute Gasteiger partial charge is 0.246 e. The third-order valence-corrected chi connectivity index (χ3v) is 4.13. The summed E-state index contributed by atoms with van der Waals surface area (Å²) in [6.07, 6.45) is 6.64. The molecule has 0 bridgehead atoms. The minimum atomic E-state index is -0.258. The molecule has 6 nitrogen and oxygen atoms in total. The molecule has 2 amide bonds. The minimum absolute atomic E-state index is 0.0275. The fraction of sp³-hybridized carbons (Fsp3) is 0.136. The van der Waals surface area contributed by atoms with Crippen molar-refractivity contribution in [3.8, 4) is 5.69 Å². The van der Waals surface area contributed by atoms with Gasteiger partial charge < -0.3 is 10.2 Å². The average Bonchev–Trinajstić information content (AvgIpc) is 3.17. The number of benzene rings is 2. The van der Waals surface area contributed by atoms with Crippen molar-refractivity contribution in [1.29, 1.82) is 0 Å². The zero-order chi connectivity index (χ0) is 19.9. The van der Waals surface area contributed by atoms with Crippen molar-refractivity contribution in [1.82, 2.24) is 14.7 Å². The van der Waals surface area contributed by atoms with Crippen molar-refractivity contribution in [2.24, 2.45) is 0 Å². The molecule has 0 spiro atoms. The fourth-order valence-electron chi connectivity index (χ4n) is 2.57. The van der Waals surface area contributed by atoms with Gasteiger partial charge in [0.1, 0.15) is 0 Å². The van der Waals surface area contributed by atoms with Crippen LogP contribution in [0.5, 0.6) is 0 Å². The molecule has 0 aliphatic carbocycles. The quantitative estimate of drug-likeness (QED) is 0.673. The summed E-state index contributed by atoms with van der Waals surface area (Å²) in [5.74, 6) is -0.503. The van der Waals surface area contributed by atoms with E-state index < -0.39 is 0 Å². The highest BCUT2D eigenvalue weighted by atomic mass is 16.2. The van der Waals surface area contributed by atoms with E-state index in [1.807, 2.05) is 67.7 Å². The molecule has 28 heavy (non-hydrogen) atoms. The van der Waals surface area contributed by atoms with Gasteiger partial charge in [0.2, 0.25) is 11.8 Å². The number of hydrogen-bond acceptors (Lipinski definition) is 3. The largest absolute Gasteiger partial charge is 0.333 e. The first-order valence-corrected chi connectivity index (χ1v) is 8.91. The first-order chi connectivity index (χ1) is 13.5. The van der Waals surface area contributed by atoms with Gasteiger partial charge >= 0.3 is 0 Å². The molecule has 0 saturated carbocycles. The summed E-state index contributed by atoms with van der Waals surface area (Å²) in [5.41, 5.74) is 3.57. The Morgan fingerprint density at radius 1 is 1.11 bits per heavy atom. The maximum absolute atomic E-state index is 12.3. The topological polar surface area (TPSA) is 67.2 Å². The Morgan fingerprint density at radius 3 is 2.54 bits per heavy atom. The Balaban J connectivity index is 1.54. The summed E-state index contributed by atoms with van der Waals surface area (Å²) in [7, 11) is 1.59. The lowest BCUT2D eigenvalue weighted by atomic mass is 10.2. The molecule has 3 rings (SSSR count). The number of carbonyl (C=O) groups excluding carboxylic acids is 2. The molecule has 0 atom stereocenters. The fourth-order valence-corrected chi connectivity index (χ4v) is 2.57. The van der Waals surface area contributed by atoms with Crippen LogP contribution in [-0.2, 0) is 9.59 Å². The number of rotatable bonds is 6. The lowest BCUT2D eigenvalue weighted by Crippen LogP contribution is -2.33. The van der Waals surface area contributed by atoms with Crippen molar-refractivity contribution >= 4 is 23.6 Å². The van der Waals surface area contributed by atoms with Crippen LogP contribution in [0.25, 0.3) is 11.8 Å². The molecule has 1 aromatic heterocycles. The second-order valence-corrected chi connectivity index (χ2v) is 6.50. The van der Waals surface area contributed by atoms with Gasteiger partial charge in [0, 0.05) is 30.6 Å². The minimum Gasteiger partial charge on any atom is -0.333 e. The van der Waals surface area contributed by atoms with Crippen LogP contribution in [0.2, 0.25) is 0 Å². The molecule has 2 aromatic carbocycles. The van der Waals surface area contributed by atoms with Gasteiger partial charge in [-0.25, -0.2) is 4.68 Å². The van der Waals surface area contributed by atoms with E-state index in [0.29, 0.717) is 5.69 Å². The van der Waals surface area contributed by atoms with Gasteiger partial charge in [-0.15, -0.1) is 0 Å². The Morgan fingerprint density at radius 2 is 1.82 bits per heavy atom. The van der Waals surface area contributed by atoms with Gasteiger partial charge in [-0.1, -0.05) is 35.9 Å². The van der Waals surface area contributed by atoms with Crippen molar-refractivity contribution in [3.63, 3.8) is 0 Å². The zero-order valence-electron chi connectivity index (χ0n) is 15.9. The summed E-state index contributed by atoms with van der Waals surface area (Å²) < 4.78 is 1.74. The highest BCUT2D eigenvalue weighted by Crippen LogP contribution is 2.10. The Labute approximate surface area is 164 Å². The lowest BCUT2D eigenvalue weighted by Gasteiger charge is -2.14. The van der Waals surface area contributed by atoms with E-state index in [-0.39, 0.29) is 18.4 Å². The van der Waals surface area contributed by atoms with Crippen LogP contribution in [0.15, 0.2) is 73.1 Å². The van der Waals surface area contributed by atoms with Crippen LogP contribution < -0.4 is 5.32 Å². The molecule has 3 aromatic rings. The normalized spacial score (nSPS) is 10.8. The molecule has 1 heterocycles. The number of anilines is 1. The molecule has 1 N–H and O–H groups in total. The molecular weight excluding hydrogens is 352 g/mol. The summed E-state index contributed by atoms with van der Waals surface area (Å²) in [6.45, 7) is 1.95. The molecule has 0 aliphatic heterocycles. The Bertz CT molecular complexity index is 975. The number of nitrogens with one attached hydrogen (secondary N) is 1. The maximum Gasteiger partial charge on any atom is 0.246 e. The molecular formula is C22H22N4O2. The monoisotopic (exact) mass is 374 g/mol. The van der Waals surface area contributed by atoms with E-state index in [0.717, 1.165) is 16.8 Å². The molecule has 0 aliphatic rings. The highest BCUT2D eigenvalue weighted by molar-refractivity contribution is 5.97. The number of amides is 2. The molecule has 0 unspecified atom stereocenters. The van der Waals surface area contributed by atoms with E-state index in [1.54, 1.807) is 24.0 Å². The average molecular weight is 374 g/mol. The molecule has 6 heteroatoms. The van der Waals surface area contributed by atoms with Crippen molar-refractivity contribution in [2.75, 3.05) is 18.9 Å². The third-order valence-electron chi connectivity index (χ3n) is 4.13. The summed E-state index contributed by atoms with van der Waals surface area (Å²) >= 11 is 0. The summed E-state index contributed by atoms with van der Waals surface area (Å²) in [6, 6.07) is 17.2. The number of carbonyl (C=O) groups is 2. The number of aryl methyl sites for hydroxylation is 1. The zero-order valence-corrected chi connectivity index (χ0v) is 15.9. The van der Waals surface area contributed by atoms with Crippen LogP contribution in [0.4, 0.5) is 5.69 Å². The SMILES string of the molecule is Cc1ccc(NC(=O)CN(C)C(=O)/C=C/c2cnn(-c3ccccc3)c2)cc1. The van der Waals surface area contributed by atoms with E-state index >= 15 is 0 Å². The second kappa shape index (κ2) is 8.81. The number of likely N-dealkylation sites (N-methyl/N-ethyl adjacent to an activating group) is 1. The van der Waals surface area contributed by atoms with E-state index in [9.17, 15) is 9.59 Å². The van der Waals surface area contributed by atoms with Crippen LogP contribution in [-0.4, -0.2) is 40.1 Å². The summed E-state index contributed by atoms with van der Waals surface area (Å²) in [5, 5.41) is 7.07. The molecule has 0 fully saturated rings. The van der Waals surface area contributed by atoms with Crippen LogP contribution in [0.3, 0.4) is 0 Å². The van der Waals surface area contributed by atoms with Crippen molar-refractivity contribution < 1.29 is 9.59 Å². The van der Waals surface area contributed by atoms with Gasteiger partial charge in [0.05, 0.1) is 18.4 Å². The van der Waals surface area contributed by atoms with Gasteiger partial charge in [-0.2, -0.15) is 5.10 Å². The van der Waals surface area contributed by atoms with Gasteiger partial charge in [-0.05, 0) is 37.3 Å². The van der Waals surface area contributed by atoms with Crippen molar-refractivity contribution in [2.45, 2.75) is 6.92 Å². The number of hydrogen-bond donors (Lipinski definition) is 1. The first-order valence-electron chi connectivity index (χ1n) is 8.91. The second-order valence-electron chi connectivity index (χ2n) is 6.50. The predicted octanol–water partition coefficient (Wildman–Crippen LogP) is 3.29. The Kier molecular flexibility index (Phi) is 6.01. The Hall–Kier alpha value is -3.67. The van der Waals surface area contributed by atoms with E-state index in [4.69, 9.17) is 0 Å². The predicted molar refractivity (Wildman–Crippen MR) is 110 cm³/mol. The number of nitrogens with zero attached hydrogens (tertiary/aromatic N) is 3. The van der Waals surface area contributed by atoms with Crippen LogP contribution in [0, 0.1) is 6.92 Å². The molecule has 0 radical (unpaired) electrons.